The summed E-state index contributed by atoms with van der Waals surface area (Å²) in [6, 6.07) is 7.98. The minimum Gasteiger partial charge on any atom is -0.328 e. The molecule has 0 aliphatic carbocycles. The SMILES string of the molecule is CC(N)Cc1ccccc1N1NCCC1=O. The van der Waals surface area contributed by atoms with Crippen LogP contribution in [0.5, 0.6) is 0 Å². The van der Waals surface area contributed by atoms with Crippen LogP contribution in [-0.2, 0) is 11.2 Å². The van der Waals surface area contributed by atoms with Crippen LogP contribution in [0, 0.1) is 0 Å². The highest BCUT2D eigenvalue weighted by Gasteiger charge is 2.23. The van der Waals surface area contributed by atoms with Gasteiger partial charge < -0.3 is 5.73 Å². The quantitative estimate of drug-likeness (QED) is 0.791. The molecular formula is C12H17N3O. The van der Waals surface area contributed by atoms with Crippen LogP contribution in [0.4, 0.5) is 5.69 Å². The Morgan fingerprint density at radius 1 is 1.50 bits per heavy atom. The first kappa shape index (κ1) is 11.1. The highest BCUT2D eigenvalue weighted by Crippen LogP contribution is 2.22. The Labute approximate surface area is 95.4 Å². The molecule has 0 aromatic heterocycles. The average Bonchev–Trinajstić information content (AvgIpc) is 2.64. The number of anilines is 1. The molecule has 1 amide bonds. The van der Waals surface area contributed by atoms with Gasteiger partial charge in [-0.1, -0.05) is 18.2 Å². The molecular weight excluding hydrogens is 202 g/mol. The van der Waals surface area contributed by atoms with Crippen molar-refractivity contribution in [3.63, 3.8) is 0 Å². The van der Waals surface area contributed by atoms with E-state index < -0.39 is 0 Å². The van der Waals surface area contributed by atoms with Gasteiger partial charge in [0.05, 0.1) is 5.69 Å². The van der Waals surface area contributed by atoms with Gasteiger partial charge in [-0.05, 0) is 25.0 Å². The van der Waals surface area contributed by atoms with Crippen molar-refractivity contribution in [2.24, 2.45) is 5.73 Å². The lowest BCUT2D eigenvalue weighted by molar-refractivity contribution is -0.117. The summed E-state index contributed by atoms with van der Waals surface area (Å²) < 4.78 is 0. The highest BCUT2D eigenvalue weighted by atomic mass is 16.2. The molecule has 0 radical (unpaired) electrons. The molecule has 2 rings (SSSR count). The Kier molecular flexibility index (Phi) is 3.22. The Morgan fingerprint density at radius 2 is 2.25 bits per heavy atom. The number of amides is 1. The zero-order chi connectivity index (χ0) is 11.5. The minimum atomic E-state index is 0.0962. The second-order valence-corrected chi connectivity index (χ2v) is 4.20. The Hall–Kier alpha value is -1.39. The van der Waals surface area contributed by atoms with E-state index in [1.807, 2.05) is 31.2 Å². The molecule has 1 aromatic rings. The summed E-state index contributed by atoms with van der Waals surface area (Å²) in [5.41, 5.74) is 10.9. The van der Waals surface area contributed by atoms with Crippen molar-refractivity contribution >= 4 is 11.6 Å². The van der Waals surface area contributed by atoms with Gasteiger partial charge in [-0.3, -0.25) is 4.79 Å². The van der Waals surface area contributed by atoms with Crippen LogP contribution in [-0.4, -0.2) is 18.5 Å². The summed E-state index contributed by atoms with van der Waals surface area (Å²) in [6.45, 7) is 2.68. The number of para-hydroxylation sites is 1. The topological polar surface area (TPSA) is 58.4 Å². The molecule has 3 N–H and O–H groups in total. The number of rotatable bonds is 3. The van der Waals surface area contributed by atoms with Crippen molar-refractivity contribution in [1.29, 1.82) is 0 Å². The fraction of sp³-hybridized carbons (Fsp3) is 0.417. The minimum absolute atomic E-state index is 0.0962. The van der Waals surface area contributed by atoms with Crippen LogP contribution in [0.2, 0.25) is 0 Å². The van der Waals surface area contributed by atoms with E-state index in [1.54, 1.807) is 5.01 Å². The maximum absolute atomic E-state index is 11.6. The zero-order valence-corrected chi connectivity index (χ0v) is 9.44. The van der Waals surface area contributed by atoms with Crippen molar-refractivity contribution in [2.75, 3.05) is 11.6 Å². The van der Waals surface area contributed by atoms with Gasteiger partial charge in [-0.25, -0.2) is 10.4 Å². The van der Waals surface area contributed by atoms with Crippen molar-refractivity contribution in [3.8, 4) is 0 Å². The number of hydrogen-bond acceptors (Lipinski definition) is 3. The van der Waals surface area contributed by atoms with E-state index in [0.717, 1.165) is 17.7 Å². The third-order valence-electron chi connectivity index (χ3n) is 2.63. The van der Waals surface area contributed by atoms with E-state index in [0.29, 0.717) is 13.0 Å². The summed E-state index contributed by atoms with van der Waals surface area (Å²) in [6.07, 6.45) is 1.34. The van der Waals surface area contributed by atoms with Crippen LogP contribution in [0.3, 0.4) is 0 Å². The molecule has 1 aliphatic rings. The van der Waals surface area contributed by atoms with Crippen LogP contribution in [0.25, 0.3) is 0 Å². The molecule has 16 heavy (non-hydrogen) atoms. The monoisotopic (exact) mass is 219 g/mol. The molecule has 1 aromatic carbocycles. The van der Waals surface area contributed by atoms with E-state index in [9.17, 15) is 4.79 Å². The van der Waals surface area contributed by atoms with Gasteiger partial charge in [0, 0.05) is 19.0 Å². The van der Waals surface area contributed by atoms with Crippen LogP contribution in [0.1, 0.15) is 18.9 Å². The van der Waals surface area contributed by atoms with Crippen molar-refractivity contribution in [2.45, 2.75) is 25.8 Å². The third-order valence-corrected chi connectivity index (χ3v) is 2.63. The second-order valence-electron chi connectivity index (χ2n) is 4.20. The van der Waals surface area contributed by atoms with Gasteiger partial charge in [0.2, 0.25) is 5.91 Å². The molecule has 1 fully saturated rings. The predicted octanol–water partition coefficient (Wildman–Crippen LogP) is 0.818. The summed E-state index contributed by atoms with van der Waals surface area (Å²) in [5.74, 6) is 0.122. The normalized spacial score (nSPS) is 17.9. The van der Waals surface area contributed by atoms with Crippen LogP contribution >= 0.6 is 0 Å². The molecule has 1 heterocycles. The van der Waals surface area contributed by atoms with Gasteiger partial charge in [-0.2, -0.15) is 0 Å². The Balaban J connectivity index is 2.28. The molecule has 1 unspecified atom stereocenters. The number of nitrogens with two attached hydrogens (primary N) is 1. The van der Waals surface area contributed by atoms with Crippen molar-refractivity contribution in [3.05, 3.63) is 29.8 Å². The smallest absolute Gasteiger partial charge is 0.242 e. The average molecular weight is 219 g/mol. The van der Waals surface area contributed by atoms with Crippen molar-refractivity contribution in [1.82, 2.24) is 5.43 Å². The van der Waals surface area contributed by atoms with Gasteiger partial charge in [0.1, 0.15) is 0 Å². The molecule has 1 atom stereocenters. The van der Waals surface area contributed by atoms with Crippen LogP contribution in [0.15, 0.2) is 24.3 Å². The molecule has 1 saturated heterocycles. The maximum Gasteiger partial charge on any atom is 0.242 e. The molecule has 4 nitrogen and oxygen atoms in total. The van der Waals surface area contributed by atoms with E-state index >= 15 is 0 Å². The first-order valence-electron chi connectivity index (χ1n) is 5.58. The molecule has 0 saturated carbocycles. The summed E-state index contributed by atoms with van der Waals surface area (Å²) in [5, 5.41) is 1.64. The first-order chi connectivity index (χ1) is 7.68. The number of nitrogens with zero attached hydrogens (tertiary/aromatic N) is 1. The summed E-state index contributed by atoms with van der Waals surface area (Å²) in [4.78, 5) is 11.6. The number of hydrazine groups is 1. The fourth-order valence-corrected chi connectivity index (χ4v) is 1.94. The number of nitrogens with one attached hydrogen (secondary N) is 1. The standard InChI is InChI=1S/C12H17N3O/c1-9(13)8-10-4-2-3-5-11(10)15-12(16)6-7-14-15/h2-5,9,14H,6-8,13H2,1H3. The number of benzene rings is 1. The Bertz CT molecular complexity index is 390. The van der Waals surface area contributed by atoms with Crippen LogP contribution < -0.4 is 16.2 Å². The molecule has 0 spiro atoms. The number of hydrogen-bond donors (Lipinski definition) is 2. The van der Waals surface area contributed by atoms with E-state index in [-0.39, 0.29) is 11.9 Å². The van der Waals surface area contributed by atoms with E-state index in [4.69, 9.17) is 5.73 Å². The summed E-state index contributed by atoms with van der Waals surface area (Å²) >= 11 is 0. The molecule has 0 bridgehead atoms. The zero-order valence-electron chi connectivity index (χ0n) is 9.44. The lowest BCUT2D eigenvalue weighted by Gasteiger charge is -2.20. The van der Waals surface area contributed by atoms with E-state index in [2.05, 4.69) is 5.43 Å². The largest absolute Gasteiger partial charge is 0.328 e. The van der Waals surface area contributed by atoms with Gasteiger partial charge in [-0.15, -0.1) is 0 Å². The number of carbonyl (C=O) groups excluding carboxylic acids is 1. The first-order valence-corrected chi connectivity index (χ1v) is 5.58. The third kappa shape index (κ3) is 2.23. The molecule has 1 aliphatic heterocycles. The van der Waals surface area contributed by atoms with Crippen molar-refractivity contribution < 1.29 is 4.79 Å². The predicted molar refractivity (Wildman–Crippen MR) is 63.9 cm³/mol. The molecule has 86 valence electrons. The van der Waals surface area contributed by atoms with Gasteiger partial charge >= 0.3 is 0 Å². The second kappa shape index (κ2) is 4.63. The summed E-state index contributed by atoms with van der Waals surface area (Å²) in [7, 11) is 0. The highest BCUT2D eigenvalue weighted by molar-refractivity contribution is 5.95. The van der Waals surface area contributed by atoms with Gasteiger partial charge in [0.25, 0.3) is 0 Å². The number of carbonyl (C=O) groups is 1. The molecule has 4 heteroatoms. The van der Waals surface area contributed by atoms with E-state index in [1.165, 1.54) is 0 Å². The fourth-order valence-electron chi connectivity index (χ4n) is 1.94. The Morgan fingerprint density at radius 3 is 2.88 bits per heavy atom. The maximum atomic E-state index is 11.6. The lowest BCUT2D eigenvalue weighted by Crippen LogP contribution is -2.35. The lowest BCUT2D eigenvalue weighted by atomic mass is 10.1. The van der Waals surface area contributed by atoms with Gasteiger partial charge in [0.15, 0.2) is 0 Å².